The molecule has 0 fully saturated rings. The minimum atomic E-state index is -2.68. The summed E-state index contributed by atoms with van der Waals surface area (Å²) in [5.41, 5.74) is 3.67. The van der Waals surface area contributed by atoms with Crippen LogP contribution in [-0.4, -0.2) is 35.3 Å². The van der Waals surface area contributed by atoms with Gasteiger partial charge in [0.25, 0.3) is 0 Å². The second kappa shape index (κ2) is 9.95. The summed E-state index contributed by atoms with van der Waals surface area (Å²) in [7, 11) is -2.68. The van der Waals surface area contributed by atoms with Gasteiger partial charge in [0, 0.05) is 11.4 Å². The van der Waals surface area contributed by atoms with Crippen LogP contribution in [0.5, 0.6) is 5.75 Å². The summed E-state index contributed by atoms with van der Waals surface area (Å²) in [6, 6.07) is 19.4. The zero-order valence-corrected chi connectivity index (χ0v) is 17.4. The van der Waals surface area contributed by atoms with Crippen molar-refractivity contribution in [2.45, 2.75) is 0 Å². The van der Waals surface area contributed by atoms with Gasteiger partial charge in [-0.15, -0.1) is 0 Å². The van der Waals surface area contributed by atoms with E-state index in [0.717, 1.165) is 15.6 Å². The molecular weight excluding hydrogens is 425 g/mol. The third-order valence-corrected chi connectivity index (χ3v) is 4.88. The molecule has 164 valence electrons. The number of allylic oxidation sites excluding steroid dienone is 3. The largest absolute Gasteiger partial charge is 0.678 e. The molecule has 2 aromatic carbocycles. The molecule has 0 aliphatic carbocycles. The number of rotatable bonds is 8. The molecule has 4 rings (SSSR count). The Kier molecular flexibility index (Phi) is 6.64. The first kappa shape index (κ1) is 22.0. The van der Waals surface area contributed by atoms with Crippen LogP contribution in [0, 0.1) is 0 Å². The molecular formula is C25H19BF2N2O3. The Hall–Kier alpha value is -4.20. The van der Waals surface area contributed by atoms with Crippen LogP contribution in [0.3, 0.4) is 0 Å². The van der Waals surface area contributed by atoms with Gasteiger partial charge in [0.05, 0.1) is 11.4 Å². The number of ether oxygens (including phenoxy) is 1. The van der Waals surface area contributed by atoms with Gasteiger partial charge in [0.15, 0.2) is 6.61 Å². The lowest BCUT2D eigenvalue weighted by Gasteiger charge is -2.08. The fourth-order valence-electron chi connectivity index (χ4n) is 3.36. The predicted octanol–water partition coefficient (Wildman–Crippen LogP) is 5.46. The fourth-order valence-corrected chi connectivity index (χ4v) is 3.36. The molecule has 0 saturated carbocycles. The molecule has 0 radical (unpaired) electrons. The van der Waals surface area contributed by atoms with Crippen LogP contribution in [-0.2, 0) is 4.79 Å². The van der Waals surface area contributed by atoms with Gasteiger partial charge in [-0.05, 0) is 59.7 Å². The van der Waals surface area contributed by atoms with E-state index in [1.807, 2.05) is 30.4 Å². The highest BCUT2D eigenvalue weighted by molar-refractivity contribution is 6.42. The number of nitrogens with zero attached hydrogens (tertiary/aromatic N) is 2. The number of hydrogen-bond donors (Lipinski definition) is 1. The third-order valence-electron chi connectivity index (χ3n) is 4.88. The van der Waals surface area contributed by atoms with Crippen LogP contribution in [0.25, 0.3) is 23.4 Å². The SMILES string of the molecule is O=C(O)COc1ccc(/C=C/C2=NC(=C\c3ccc(-c4ccccc4)n3B(F)F)/C=C2)cc1. The van der Waals surface area contributed by atoms with Crippen LogP contribution in [0.1, 0.15) is 11.3 Å². The monoisotopic (exact) mass is 444 g/mol. The summed E-state index contributed by atoms with van der Waals surface area (Å²) in [5.74, 6) is -0.569. The summed E-state index contributed by atoms with van der Waals surface area (Å²) in [4.78, 5) is 15.0. The summed E-state index contributed by atoms with van der Waals surface area (Å²) in [5, 5.41) is 8.65. The maximum atomic E-state index is 13.8. The van der Waals surface area contributed by atoms with Gasteiger partial charge in [-0.25, -0.2) is 9.79 Å². The minimum absolute atomic E-state index is 0.370. The Bertz CT molecular complexity index is 1260. The van der Waals surface area contributed by atoms with Crippen LogP contribution in [0.2, 0.25) is 0 Å². The number of carbonyl (C=O) groups is 1. The first-order valence-corrected chi connectivity index (χ1v) is 10.2. The second-order valence-corrected chi connectivity index (χ2v) is 7.18. The maximum absolute atomic E-state index is 13.8. The number of aromatic nitrogens is 1. The van der Waals surface area contributed by atoms with Crippen LogP contribution < -0.4 is 4.74 Å². The van der Waals surface area contributed by atoms with E-state index in [2.05, 4.69) is 4.99 Å². The van der Waals surface area contributed by atoms with Crippen molar-refractivity contribution in [2.24, 2.45) is 4.99 Å². The van der Waals surface area contributed by atoms with Crippen molar-refractivity contribution >= 4 is 31.2 Å². The summed E-state index contributed by atoms with van der Waals surface area (Å²) in [6.07, 6.45) is 8.87. The number of carboxylic acids is 1. The van der Waals surface area contributed by atoms with Gasteiger partial charge in [0.2, 0.25) is 0 Å². The molecule has 33 heavy (non-hydrogen) atoms. The molecule has 1 aliphatic rings. The van der Waals surface area contributed by atoms with Crippen molar-refractivity contribution < 1.29 is 23.3 Å². The molecule has 8 heteroatoms. The molecule has 0 atom stereocenters. The van der Waals surface area contributed by atoms with Crippen LogP contribution in [0.4, 0.5) is 8.63 Å². The van der Waals surface area contributed by atoms with E-state index < -0.39 is 20.0 Å². The van der Waals surface area contributed by atoms with E-state index in [-0.39, 0.29) is 0 Å². The number of aliphatic carboxylic acids is 1. The lowest BCUT2D eigenvalue weighted by atomic mass is 10.1. The van der Waals surface area contributed by atoms with Crippen LogP contribution in [0.15, 0.2) is 95.6 Å². The fraction of sp³-hybridized carbons (Fsp3) is 0.0400. The molecule has 1 aliphatic heterocycles. The average molecular weight is 444 g/mol. The zero-order valence-electron chi connectivity index (χ0n) is 17.4. The molecule has 0 amide bonds. The van der Waals surface area contributed by atoms with Crippen molar-refractivity contribution in [1.82, 2.24) is 4.48 Å². The van der Waals surface area contributed by atoms with E-state index in [4.69, 9.17) is 9.84 Å². The topological polar surface area (TPSA) is 63.8 Å². The Morgan fingerprint density at radius 2 is 1.76 bits per heavy atom. The lowest BCUT2D eigenvalue weighted by Crippen LogP contribution is -2.15. The number of hydrogen-bond acceptors (Lipinski definition) is 3. The Morgan fingerprint density at radius 1 is 1.00 bits per heavy atom. The molecule has 2 heterocycles. The van der Waals surface area contributed by atoms with Crippen molar-refractivity contribution in [3.63, 3.8) is 0 Å². The third kappa shape index (κ3) is 5.54. The summed E-state index contributed by atoms with van der Waals surface area (Å²) < 4.78 is 33.7. The first-order valence-electron chi connectivity index (χ1n) is 10.2. The zero-order chi connectivity index (χ0) is 23.2. The second-order valence-electron chi connectivity index (χ2n) is 7.18. The summed E-state index contributed by atoms with van der Waals surface area (Å²) in [6.45, 7) is -0.395. The highest BCUT2D eigenvalue weighted by Crippen LogP contribution is 2.26. The minimum Gasteiger partial charge on any atom is -0.482 e. The van der Waals surface area contributed by atoms with E-state index in [9.17, 15) is 13.4 Å². The van der Waals surface area contributed by atoms with E-state index in [0.29, 0.717) is 28.5 Å². The quantitative estimate of drug-likeness (QED) is 0.470. The highest BCUT2D eigenvalue weighted by atomic mass is 19.2. The van der Waals surface area contributed by atoms with E-state index in [1.54, 1.807) is 66.8 Å². The smallest absolute Gasteiger partial charge is 0.482 e. The molecule has 0 unspecified atom stereocenters. The molecule has 0 bridgehead atoms. The Labute approximate surface area is 189 Å². The number of aliphatic imine (C=N–C) groups is 1. The van der Waals surface area contributed by atoms with Gasteiger partial charge >= 0.3 is 13.4 Å². The van der Waals surface area contributed by atoms with Crippen LogP contribution >= 0.6 is 0 Å². The Balaban J connectivity index is 1.49. The van der Waals surface area contributed by atoms with Gasteiger partial charge in [-0.3, -0.25) is 8.63 Å². The van der Waals surface area contributed by atoms with Gasteiger partial charge in [-0.2, -0.15) is 0 Å². The number of benzene rings is 2. The number of carboxylic acid groups (broad SMARTS) is 1. The van der Waals surface area contributed by atoms with Crippen molar-refractivity contribution in [2.75, 3.05) is 6.61 Å². The molecule has 0 saturated heterocycles. The molecule has 5 nitrogen and oxygen atoms in total. The average Bonchev–Trinajstić information content (AvgIpc) is 3.45. The van der Waals surface area contributed by atoms with Crippen molar-refractivity contribution in [3.05, 3.63) is 102 Å². The normalized spacial score (nSPS) is 14.1. The first-order chi connectivity index (χ1) is 16.0. The predicted molar refractivity (Wildman–Crippen MR) is 126 cm³/mol. The summed E-state index contributed by atoms with van der Waals surface area (Å²) >= 11 is 0. The molecule has 3 aromatic rings. The lowest BCUT2D eigenvalue weighted by molar-refractivity contribution is -0.139. The van der Waals surface area contributed by atoms with Gasteiger partial charge in [0.1, 0.15) is 5.75 Å². The standard InChI is InChI=1S/C25H19BF2N2O3/c27-26(28)30-22(12-15-24(30)19-4-2-1-3-5-19)16-21-11-10-20(29-21)9-6-18-7-13-23(14-8-18)33-17-25(31)32/h1-16H,17H2,(H,31,32)/b9-6+,21-16-. The van der Waals surface area contributed by atoms with Gasteiger partial charge in [-0.1, -0.05) is 48.5 Å². The maximum Gasteiger partial charge on any atom is 0.678 e. The molecule has 1 aromatic heterocycles. The van der Waals surface area contributed by atoms with Crippen molar-refractivity contribution in [3.8, 4) is 17.0 Å². The van der Waals surface area contributed by atoms with Crippen molar-refractivity contribution in [1.29, 1.82) is 0 Å². The number of halogens is 2. The Morgan fingerprint density at radius 3 is 2.45 bits per heavy atom. The highest BCUT2D eigenvalue weighted by Gasteiger charge is 2.23. The molecule has 1 N–H and O–H groups in total. The van der Waals surface area contributed by atoms with Gasteiger partial charge < -0.3 is 14.3 Å². The van der Waals surface area contributed by atoms with E-state index in [1.165, 1.54) is 0 Å². The molecule has 0 spiro atoms. The van der Waals surface area contributed by atoms with E-state index >= 15 is 0 Å².